The Labute approximate surface area is 270 Å². The van der Waals surface area contributed by atoms with Gasteiger partial charge in [-0.25, -0.2) is 14.0 Å². The Balaban J connectivity index is 0.00000768. The molecule has 1 aliphatic heterocycles. The van der Waals surface area contributed by atoms with Gasteiger partial charge in [0, 0.05) is 25.6 Å². The molecule has 0 radical (unpaired) electrons. The number of urea groups is 1. The standard InChI is InChI=1S/C33H39F7N2O4.H3N/c1-6-27(23-17-24(32(35,36)37)19-25(18-23)33(38,39)40)41(3)31(44)42-13-12-21(10-11-29(45-4)30(43)46-5)16-28(42)22-8-7-9-26(34)15-20(2)14-22;/h7-9,11,15,17-19,21-22,27-28H,6,10,12-14,16H2,1-5H3;1H3/b8-7+,20-15-,26-9+,29-11-;/t21?,22?,27-,28-;/m1./s1. The van der Waals surface area contributed by atoms with E-state index in [1.165, 1.54) is 38.3 Å². The SMILES string of the molecule is CC[C@H](c1cc(C(F)(F)F)cc(C(F)(F)F)c1)N(C)C(=O)N1CCC(C/C=C(\OC)C(=O)OC)C[C@@H]1C1/C=C/C=C(F)\C=C(\C)C1.N. The van der Waals surface area contributed by atoms with E-state index in [1.807, 2.05) is 0 Å². The van der Waals surface area contributed by atoms with E-state index in [-0.39, 0.29) is 48.3 Å². The molecule has 0 saturated carbocycles. The summed E-state index contributed by atoms with van der Waals surface area (Å²) < 4.78 is 106. The summed E-state index contributed by atoms with van der Waals surface area (Å²) in [7, 11) is 3.94. The summed E-state index contributed by atoms with van der Waals surface area (Å²) in [6.45, 7) is 3.58. The number of amides is 2. The van der Waals surface area contributed by atoms with Crippen LogP contribution in [0.3, 0.4) is 0 Å². The summed E-state index contributed by atoms with van der Waals surface area (Å²) in [4.78, 5) is 28.9. The number of esters is 1. The van der Waals surface area contributed by atoms with E-state index in [0.717, 1.165) is 5.57 Å². The Morgan fingerprint density at radius 3 is 2.21 bits per heavy atom. The second-order valence-electron chi connectivity index (χ2n) is 11.6. The minimum Gasteiger partial charge on any atom is -0.490 e. The van der Waals surface area contributed by atoms with Crippen molar-refractivity contribution in [1.29, 1.82) is 0 Å². The molecule has 4 atom stereocenters. The van der Waals surface area contributed by atoms with Crippen molar-refractivity contribution in [3.8, 4) is 0 Å². The molecule has 2 aliphatic rings. The van der Waals surface area contributed by atoms with Crippen LogP contribution in [0.4, 0.5) is 35.5 Å². The number of halogens is 7. The highest BCUT2D eigenvalue weighted by Crippen LogP contribution is 2.40. The molecule has 1 aromatic carbocycles. The molecule has 1 aliphatic carbocycles. The van der Waals surface area contributed by atoms with E-state index in [1.54, 1.807) is 37.0 Å². The molecule has 7 nitrogen and oxygen atoms in total. The van der Waals surface area contributed by atoms with Crippen LogP contribution < -0.4 is 6.15 Å². The predicted octanol–water partition coefficient (Wildman–Crippen LogP) is 8.94. The van der Waals surface area contributed by atoms with Gasteiger partial charge in [0.05, 0.1) is 31.4 Å². The quantitative estimate of drug-likeness (QED) is 0.128. The highest BCUT2D eigenvalue weighted by atomic mass is 19.4. The minimum absolute atomic E-state index is 0. The smallest absolute Gasteiger partial charge is 0.416 e. The van der Waals surface area contributed by atoms with Crippen LogP contribution in [0.5, 0.6) is 0 Å². The number of alkyl halides is 6. The van der Waals surface area contributed by atoms with Crippen LogP contribution in [0.25, 0.3) is 0 Å². The normalized spacial score (nSPS) is 24.3. The van der Waals surface area contributed by atoms with E-state index >= 15 is 0 Å². The maximum absolute atomic E-state index is 14.1. The van der Waals surface area contributed by atoms with Crippen molar-refractivity contribution in [3.63, 3.8) is 0 Å². The topological polar surface area (TPSA) is 94.1 Å². The number of hydrogen-bond donors (Lipinski definition) is 1. The lowest BCUT2D eigenvalue weighted by Crippen LogP contribution is -2.53. The van der Waals surface area contributed by atoms with Gasteiger partial charge in [0.15, 0.2) is 5.76 Å². The zero-order chi connectivity index (χ0) is 34.4. The second-order valence-corrected chi connectivity index (χ2v) is 11.6. The number of ether oxygens (including phenoxy) is 2. The molecular formula is C33H42F7N3O4. The Morgan fingerprint density at radius 1 is 1.06 bits per heavy atom. The van der Waals surface area contributed by atoms with Gasteiger partial charge in [-0.2, -0.15) is 26.3 Å². The number of methoxy groups -OCH3 is 2. The average molecular weight is 678 g/mol. The fourth-order valence-electron chi connectivity index (χ4n) is 6.13. The molecule has 1 heterocycles. The fraction of sp³-hybridized carbons (Fsp3) is 0.515. The van der Waals surface area contributed by atoms with Crippen molar-refractivity contribution in [2.75, 3.05) is 27.8 Å². The average Bonchev–Trinajstić information content (AvgIpc) is 2.98. The zero-order valence-electron chi connectivity index (χ0n) is 27.1. The third kappa shape index (κ3) is 10.1. The highest BCUT2D eigenvalue weighted by Gasteiger charge is 2.40. The molecular weight excluding hydrogens is 635 g/mol. The monoisotopic (exact) mass is 677 g/mol. The van der Waals surface area contributed by atoms with Gasteiger partial charge in [-0.05, 0) is 86.9 Å². The number of nitrogens with zero attached hydrogens (tertiary/aromatic N) is 2. The number of rotatable bonds is 8. The van der Waals surface area contributed by atoms with Crippen LogP contribution in [-0.4, -0.2) is 55.7 Å². The summed E-state index contributed by atoms with van der Waals surface area (Å²) >= 11 is 0. The van der Waals surface area contributed by atoms with Crippen LogP contribution in [0.1, 0.15) is 68.7 Å². The molecule has 262 valence electrons. The molecule has 3 rings (SSSR count). The molecule has 0 bridgehead atoms. The minimum atomic E-state index is -5.03. The third-order valence-corrected chi connectivity index (χ3v) is 8.44. The van der Waals surface area contributed by atoms with Gasteiger partial charge in [0.1, 0.15) is 5.83 Å². The first-order chi connectivity index (χ1) is 21.5. The number of likely N-dealkylation sites (tertiary alicyclic amines) is 1. The fourth-order valence-corrected chi connectivity index (χ4v) is 6.13. The van der Waals surface area contributed by atoms with E-state index in [9.17, 15) is 40.3 Å². The van der Waals surface area contributed by atoms with Crippen molar-refractivity contribution in [1.82, 2.24) is 16.0 Å². The maximum Gasteiger partial charge on any atom is 0.416 e. The maximum atomic E-state index is 14.1. The summed E-state index contributed by atoms with van der Waals surface area (Å²) in [6, 6.07) is -0.716. The van der Waals surface area contributed by atoms with Gasteiger partial charge in [0.2, 0.25) is 0 Å². The van der Waals surface area contributed by atoms with Gasteiger partial charge < -0.3 is 25.4 Å². The molecule has 47 heavy (non-hydrogen) atoms. The Hall–Kier alpha value is -3.81. The number of hydrogen-bond acceptors (Lipinski definition) is 5. The molecule has 14 heteroatoms. The Kier molecular flexibility index (Phi) is 13.7. The molecule has 2 amide bonds. The van der Waals surface area contributed by atoms with Gasteiger partial charge in [-0.3, -0.25) is 0 Å². The number of carbonyl (C=O) groups is 2. The first-order valence-corrected chi connectivity index (χ1v) is 14.9. The van der Waals surface area contributed by atoms with Gasteiger partial charge in [-0.1, -0.05) is 24.6 Å². The zero-order valence-corrected chi connectivity index (χ0v) is 27.1. The lowest BCUT2D eigenvalue weighted by Gasteiger charge is -2.45. The molecule has 1 saturated heterocycles. The third-order valence-electron chi connectivity index (χ3n) is 8.44. The van der Waals surface area contributed by atoms with E-state index < -0.39 is 53.4 Å². The summed E-state index contributed by atoms with van der Waals surface area (Å²) in [5, 5.41) is 0. The van der Waals surface area contributed by atoms with Crippen molar-refractivity contribution >= 4 is 12.0 Å². The van der Waals surface area contributed by atoms with Gasteiger partial charge >= 0.3 is 24.4 Å². The van der Waals surface area contributed by atoms with Crippen molar-refractivity contribution in [2.24, 2.45) is 11.8 Å². The predicted molar refractivity (Wildman–Crippen MR) is 163 cm³/mol. The van der Waals surface area contributed by atoms with Crippen molar-refractivity contribution in [2.45, 2.75) is 70.4 Å². The first-order valence-electron chi connectivity index (χ1n) is 14.9. The molecule has 1 fully saturated rings. The number of benzene rings is 1. The molecule has 0 aromatic heterocycles. The lowest BCUT2D eigenvalue weighted by molar-refractivity contribution is -0.143. The summed E-state index contributed by atoms with van der Waals surface area (Å²) in [6.07, 6.45) is -0.527. The number of carbonyl (C=O) groups excluding carboxylic acids is 2. The molecule has 1 aromatic rings. The largest absolute Gasteiger partial charge is 0.490 e. The van der Waals surface area contributed by atoms with E-state index in [2.05, 4.69) is 0 Å². The van der Waals surface area contributed by atoms with Crippen LogP contribution in [-0.2, 0) is 26.6 Å². The molecule has 0 spiro atoms. The van der Waals surface area contributed by atoms with Crippen molar-refractivity contribution in [3.05, 3.63) is 82.4 Å². The Morgan fingerprint density at radius 2 is 1.68 bits per heavy atom. The molecule has 2 unspecified atom stereocenters. The van der Waals surface area contributed by atoms with Gasteiger partial charge in [0.25, 0.3) is 0 Å². The van der Waals surface area contributed by atoms with Crippen molar-refractivity contribution < 1.29 is 49.8 Å². The number of allylic oxidation sites excluding steroid dienone is 6. The lowest BCUT2D eigenvalue weighted by atomic mass is 9.79. The second kappa shape index (κ2) is 16.3. The summed E-state index contributed by atoms with van der Waals surface area (Å²) in [5.74, 6) is -1.32. The Bertz CT molecular complexity index is 1350. The number of piperidine rings is 1. The van der Waals surface area contributed by atoms with Crippen LogP contribution in [0.15, 0.2) is 65.7 Å². The highest BCUT2D eigenvalue weighted by molar-refractivity contribution is 5.86. The summed E-state index contributed by atoms with van der Waals surface area (Å²) in [5.41, 5.74) is -2.45. The van der Waals surface area contributed by atoms with E-state index in [0.29, 0.717) is 37.8 Å². The van der Waals surface area contributed by atoms with Crippen LogP contribution in [0.2, 0.25) is 0 Å². The van der Waals surface area contributed by atoms with Crippen LogP contribution >= 0.6 is 0 Å². The van der Waals surface area contributed by atoms with E-state index in [4.69, 9.17) is 9.47 Å². The van der Waals surface area contributed by atoms with Gasteiger partial charge in [-0.15, -0.1) is 0 Å². The first kappa shape index (κ1) is 39.4. The van der Waals surface area contributed by atoms with Crippen LogP contribution in [0, 0.1) is 11.8 Å². The molecule has 3 N–H and O–H groups in total.